The first kappa shape index (κ1) is 13.7. The molecule has 2 aromatic carbocycles. The molecule has 0 heterocycles. The minimum atomic E-state index is -1.01. The summed E-state index contributed by atoms with van der Waals surface area (Å²) < 4.78 is 0. The molecule has 0 spiro atoms. The second-order valence-electron chi connectivity index (χ2n) is 4.61. The third kappa shape index (κ3) is 2.66. The van der Waals surface area contributed by atoms with E-state index in [2.05, 4.69) is 5.32 Å². The van der Waals surface area contributed by atoms with Crippen molar-refractivity contribution in [3.8, 4) is 0 Å². The molecule has 0 aliphatic rings. The van der Waals surface area contributed by atoms with E-state index in [9.17, 15) is 9.90 Å². The summed E-state index contributed by atoms with van der Waals surface area (Å²) in [6, 6.07) is 12.5. The molecule has 104 valence electrons. The van der Waals surface area contributed by atoms with Crippen LogP contribution in [0.4, 0.5) is 22.7 Å². The average Bonchev–Trinajstić information content (AvgIpc) is 2.41. The zero-order chi connectivity index (χ0) is 14.7. The molecule has 4 N–H and O–H groups in total. The topological polar surface area (TPSA) is 78.6 Å². The number of carbonyl (C=O) groups is 1. The first-order valence-electron chi connectivity index (χ1n) is 6.16. The fourth-order valence-corrected chi connectivity index (χ4v) is 1.99. The standard InChI is InChI=1S/C15H17N3O2/c1-18(2)13-9-4-3-8-12(13)17-14-10(15(19)20)6-5-7-11(14)16/h3-9,17H,16H2,1-2H3,(H,19,20). The molecule has 5 nitrogen and oxygen atoms in total. The Morgan fingerprint density at radius 1 is 1.15 bits per heavy atom. The van der Waals surface area contributed by atoms with E-state index >= 15 is 0 Å². The predicted octanol–water partition coefficient (Wildman–Crippen LogP) is 2.78. The summed E-state index contributed by atoms with van der Waals surface area (Å²) in [4.78, 5) is 13.2. The zero-order valence-corrected chi connectivity index (χ0v) is 11.4. The number of carboxylic acids is 1. The van der Waals surface area contributed by atoms with Crippen LogP contribution < -0.4 is 16.0 Å². The highest BCUT2D eigenvalue weighted by molar-refractivity contribution is 5.99. The molecule has 20 heavy (non-hydrogen) atoms. The van der Waals surface area contributed by atoms with Gasteiger partial charge in [0, 0.05) is 14.1 Å². The summed E-state index contributed by atoms with van der Waals surface area (Å²) in [6.07, 6.45) is 0. The molecular weight excluding hydrogens is 254 g/mol. The SMILES string of the molecule is CN(C)c1ccccc1Nc1c(N)cccc1C(=O)O. The highest BCUT2D eigenvalue weighted by Gasteiger charge is 2.14. The molecule has 0 aliphatic heterocycles. The van der Waals surface area contributed by atoms with E-state index in [1.165, 1.54) is 6.07 Å². The quantitative estimate of drug-likeness (QED) is 0.745. The van der Waals surface area contributed by atoms with Crippen LogP contribution in [0, 0.1) is 0 Å². The maximum atomic E-state index is 11.3. The normalized spacial score (nSPS) is 10.1. The lowest BCUT2D eigenvalue weighted by atomic mass is 10.1. The van der Waals surface area contributed by atoms with E-state index in [1.54, 1.807) is 12.1 Å². The van der Waals surface area contributed by atoms with Crippen LogP contribution in [0.25, 0.3) is 0 Å². The van der Waals surface area contributed by atoms with Gasteiger partial charge in [0.1, 0.15) is 0 Å². The van der Waals surface area contributed by atoms with E-state index in [4.69, 9.17) is 5.73 Å². The van der Waals surface area contributed by atoms with Crippen LogP contribution in [0.1, 0.15) is 10.4 Å². The molecule has 0 amide bonds. The molecule has 0 atom stereocenters. The molecule has 0 fully saturated rings. The fourth-order valence-electron chi connectivity index (χ4n) is 1.99. The van der Waals surface area contributed by atoms with Crippen molar-refractivity contribution in [2.24, 2.45) is 0 Å². The minimum absolute atomic E-state index is 0.151. The van der Waals surface area contributed by atoms with Gasteiger partial charge < -0.3 is 21.1 Å². The van der Waals surface area contributed by atoms with Crippen molar-refractivity contribution in [1.82, 2.24) is 0 Å². The Bertz CT molecular complexity index is 639. The van der Waals surface area contributed by atoms with E-state index in [0.29, 0.717) is 11.4 Å². The van der Waals surface area contributed by atoms with Gasteiger partial charge in [0.15, 0.2) is 0 Å². The summed E-state index contributed by atoms with van der Waals surface area (Å²) >= 11 is 0. The van der Waals surface area contributed by atoms with Gasteiger partial charge in [-0.15, -0.1) is 0 Å². The number of aromatic carboxylic acids is 1. The Balaban J connectivity index is 2.48. The van der Waals surface area contributed by atoms with E-state index in [0.717, 1.165) is 11.4 Å². The molecule has 5 heteroatoms. The van der Waals surface area contributed by atoms with E-state index in [-0.39, 0.29) is 5.56 Å². The minimum Gasteiger partial charge on any atom is -0.478 e. The van der Waals surface area contributed by atoms with Gasteiger partial charge in [-0.2, -0.15) is 0 Å². The third-order valence-corrected chi connectivity index (χ3v) is 2.97. The van der Waals surface area contributed by atoms with Gasteiger partial charge in [0.25, 0.3) is 0 Å². The molecule has 0 aliphatic carbocycles. The third-order valence-electron chi connectivity index (χ3n) is 2.97. The van der Waals surface area contributed by atoms with Crippen LogP contribution in [-0.2, 0) is 0 Å². The van der Waals surface area contributed by atoms with Gasteiger partial charge >= 0.3 is 5.97 Å². The number of hydrogen-bond acceptors (Lipinski definition) is 4. The molecule has 0 saturated heterocycles. The molecule has 2 rings (SSSR count). The number of carboxylic acid groups (broad SMARTS) is 1. The number of nitrogens with one attached hydrogen (secondary N) is 1. The first-order chi connectivity index (χ1) is 9.50. The lowest BCUT2D eigenvalue weighted by molar-refractivity contribution is 0.0698. The maximum absolute atomic E-state index is 11.3. The molecule has 0 unspecified atom stereocenters. The first-order valence-corrected chi connectivity index (χ1v) is 6.16. The number of nitrogens with zero attached hydrogens (tertiary/aromatic N) is 1. The van der Waals surface area contributed by atoms with Crippen LogP contribution in [0.15, 0.2) is 42.5 Å². The van der Waals surface area contributed by atoms with E-state index in [1.807, 2.05) is 43.3 Å². The Morgan fingerprint density at radius 2 is 1.85 bits per heavy atom. The maximum Gasteiger partial charge on any atom is 0.337 e. The predicted molar refractivity (Wildman–Crippen MR) is 81.9 cm³/mol. The van der Waals surface area contributed by atoms with Crippen LogP contribution in [0.3, 0.4) is 0 Å². The Kier molecular flexibility index (Phi) is 3.79. The smallest absolute Gasteiger partial charge is 0.337 e. The highest BCUT2D eigenvalue weighted by atomic mass is 16.4. The number of nitrogens with two attached hydrogens (primary N) is 1. The van der Waals surface area contributed by atoms with Gasteiger partial charge in [0.05, 0.1) is 28.3 Å². The molecule has 0 saturated carbocycles. The molecular formula is C15H17N3O2. The van der Waals surface area contributed by atoms with Gasteiger partial charge in [-0.3, -0.25) is 0 Å². The Labute approximate surface area is 117 Å². The summed E-state index contributed by atoms with van der Waals surface area (Å²) in [5.74, 6) is -1.01. The molecule has 0 radical (unpaired) electrons. The number of benzene rings is 2. The molecule has 2 aromatic rings. The lowest BCUT2D eigenvalue weighted by Crippen LogP contribution is -2.12. The van der Waals surface area contributed by atoms with Crippen LogP contribution >= 0.6 is 0 Å². The van der Waals surface area contributed by atoms with Crippen molar-refractivity contribution in [3.63, 3.8) is 0 Å². The zero-order valence-electron chi connectivity index (χ0n) is 11.4. The number of nitrogen functional groups attached to an aromatic ring is 1. The van der Waals surface area contributed by atoms with Crippen LogP contribution in [-0.4, -0.2) is 25.2 Å². The van der Waals surface area contributed by atoms with Gasteiger partial charge in [-0.1, -0.05) is 18.2 Å². The number of rotatable bonds is 4. The summed E-state index contributed by atoms with van der Waals surface area (Å²) in [6.45, 7) is 0. The monoisotopic (exact) mass is 271 g/mol. The summed E-state index contributed by atoms with van der Waals surface area (Å²) in [5.41, 5.74) is 8.61. The van der Waals surface area contributed by atoms with Gasteiger partial charge in [0.2, 0.25) is 0 Å². The van der Waals surface area contributed by atoms with E-state index < -0.39 is 5.97 Å². The lowest BCUT2D eigenvalue weighted by Gasteiger charge is -2.20. The van der Waals surface area contributed by atoms with Gasteiger partial charge in [-0.25, -0.2) is 4.79 Å². The summed E-state index contributed by atoms with van der Waals surface area (Å²) in [7, 11) is 3.85. The second-order valence-corrected chi connectivity index (χ2v) is 4.61. The second kappa shape index (κ2) is 5.52. The van der Waals surface area contributed by atoms with Crippen LogP contribution in [0.2, 0.25) is 0 Å². The van der Waals surface area contributed by atoms with Crippen molar-refractivity contribution >= 4 is 28.7 Å². The fraction of sp³-hybridized carbons (Fsp3) is 0.133. The number of hydrogen-bond donors (Lipinski definition) is 3. The number of para-hydroxylation sites is 3. The Morgan fingerprint density at radius 3 is 2.50 bits per heavy atom. The van der Waals surface area contributed by atoms with Crippen molar-refractivity contribution in [3.05, 3.63) is 48.0 Å². The van der Waals surface area contributed by atoms with Crippen molar-refractivity contribution in [2.45, 2.75) is 0 Å². The Hall–Kier alpha value is -2.69. The largest absolute Gasteiger partial charge is 0.478 e. The highest BCUT2D eigenvalue weighted by Crippen LogP contribution is 2.32. The average molecular weight is 271 g/mol. The van der Waals surface area contributed by atoms with Crippen molar-refractivity contribution in [2.75, 3.05) is 30.0 Å². The summed E-state index contributed by atoms with van der Waals surface area (Å²) in [5, 5.41) is 12.4. The molecule has 0 bridgehead atoms. The number of anilines is 4. The van der Waals surface area contributed by atoms with Gasteiger partial charge in [-0.05, 0) is 24.3 Å². The van der Waals surface area contributed by atoms with Crippen molar-refractivity contribution in [1.29, 1.82) is 0 Å². The van der Waals surface area contributed by atoms with Crippen LogP contribution in [0.5, 0.6) is 0 Å². The van der Waals surface area contributed by atoms with Crippen molar-refractivity contribution < 1.29 is 9.90 Å². The molecule has 0 aromatic heterocycles.